The van der Waals surface area contributed by atoms with Crippen LogP contribution in [0.25, 0.3) is 10.2 Å². The second-order valence-corrected chi connectivity index (χ2v) is 7.13. The standard InChI is InChI=1S/C20H19N3O5S/c1-25-15-8-14-18(9-16(15)26-2)29-20(22-14)23(11-13-4-3-5-21-10-13)19(24)17-12-27-6-7-28-17/h3-5,8-10,12H,6-7,11H2,1-2H3. The lowest BCUT2D eigenvalue weighted by Gasteiger charge is -2.23. The number of amides is 1. The van der Waals surface area contributed by atoms with Crippen LogP contribution in [0.2, 0.25) is 0 Å². The monoisotopic (exact) mass is 413 g/mol. The highest BCUT2D eigenvalue weighted by molar-refractivity contribution is 7.22. The topological polar surface area (TPSA) is 83.0 Å². The number of carbonyl (C=O) groups is 1. The van der Waals surface area contributed by atoms with Crippen molar-refractivity contribution in [3.8, 4) is 11.5 Å². The Morgan fingerprint density at radius 2 is 2.07 bits per heavy atom. The minimum atomic E-state index is -0.327. The third kappa shape index (κ3) is 3.95. The van der Waals surface area contributed by atoms with Crippen LogP contribution in [0.1, 0.15) is 5.56 Å². The molecule has 1 aliphatic heterocycles. The molecular formula is C20H19N3O5S. The fourth-order valence-corrected chi connectivity index (χ4v) is 3.85. The molecule has 1 aliphatic rings. The number of aromatic nitrogens is 2. The highest BCUT2D eigenvalue weighted by atomic mass is 32.1. The number of thiazole rings is 1. The van der Waals surface area contributed by atoms with Gasteiger partial charge in [-0.25, -0.2) is 4.98 Å². The second-order valence-electron chi connectivity index (χ2n) is 6.13. The largest absolute Gasteiger partial charge is 0.494 e. The van der Waals surface area contributed by atoms with Gasteiger partial charge in [0, 0.05) is 24.5 Å². The maximum atomic E-state index is 13.2. The van der Waals surface area contributed by atoms with Crippen LogP contribution in [-0.4, -0.2) is 43.3 Å². The highest BCUT2D eigenvalue weighted by Gasteiger charge is 2.27. The van der Waals surface area contributed by atoms with E-state index < -0.39 is 0 Å². The van der Waals surface area contributed by atoms with Crippen molar-refractivity contribution in [2.24, 2.45) is 0 Å². The predicted molar refractivity (Wildman–Crippen MR) is 108 cm³/mol. The molecular weight excluding hydrogens is 394 g/mol. The Morgan fingerprint density at radius 1 is 1.24 bits per heavy atom. The van der Waals surface area contributed by atoms with E-state index in [4.69, 9.17) is 18.9 Å². The number of ether oxygens (including phenoxy) is 4. The number of anilines is 1. The van der Waals surface area contributed by atoms with Gasteiger partial charge in [0.1, 0.15) is 19.5 Å². The summed E-state index contributed by atoms with van der Waals surface area (Å²) in [6, 6.07) is 7.37. The third-order valence-electron chi connectivity index (χ3n) is 4.28. The smallest absolute Gasteiger partial charge is 0.298 e. The first kappa shape index (κ1) is 19.0. The summed E-state index contributed by atoms with van der Waals surface area (Å²) in [4.78, 5) is 23.5. The summed E-state index contributed by atoms with van der Waals surface area (Å²) in [5, 5.41) is 0.527. The van der Waals surface area contributed by atoms with Gasteiger partial charge in [-0.15, -0.1) is 0 Å². The van der Waals surface area contributed by atoms with Crippen LogP contribution in [0, 0.1) is 0 Å². The van der Waals surface area contributed by atoms with Crippen molar-refractivity contribution in [1.82, 2.24) is 9.97 Å². The van der Waals surface area contributed by atoms with E-state index in [1.54, 1.807) is 37.6 Å². The van der Waals surface area contributed by atoms with E-state index in [0.717, 1.165) is 10.3 Å². The van der Waals surface area contributed by atoms with Gasteiger partial charge in [-0.2, -0.15) is 0 Å². The average Bonchev–Trinajstić information content (AvgIpc) is 3.19. The molecule has 2 aromatic heterocycles. The maximum absolute atomic E-state index is 13.2. The number of benzene rings is 1. The van der Waals surface area contributed by atoms with Crippen LogP contribution in [0.3, 0.4) is 0 Å². The van der Waals surface area contributed by atoms with Crippen molar-refractivity contribution in [2.45, 2.75) is 6.54 Å². The van der Waals surface area contributed by atoms with E-state index in [0.29, 0.717) is 41.9 Å². The zero-order chi connectivity index (χ0) is 20.2. The molecule has 29 heavy (non-hydrogen) atoms. The van der Waals surface area contributed by atoms with Crippen molar-refractivity contribution >= 4 is 32.6 Å². The molecule has 0 fully saturated rings. The summed E-state index contributed by atoms with van der Waals surface area (Å²) in [6.45, 7) is 1.04. The number of fused-ring (bicyclic) bond motifs is 1. The van der Waals surface area contributed by atoms with Crippen molar-refractivity contribution in [1.29, 1.82) is 0 Å². The Labute approximate surface area is 171 Å². The molecule has 3 heterocycles. The number of rotatable bonds is 6. The van der Waals surface area contributed by atoms with E-state index >= 15 is 0 Å². The van der Waals surface area contributed by atoms with Crippen LogP contribution in [0.5, 0.6) is 11.5 Å². The summed E-state index contributed by atoms with van der Waals surface area (Å²) in [5.74, 6) is 1.00. The average molecular weight is 413 g/mol. The van der Waals surface area contributed by atoms with E-state index in [9.17, 15) is 4.79 Å². The van der Waals surface area contributed by atoms with Gasteiger partial charge >= 0.3 is 0 Å². The zero-order valence-electron chi connectivity index (χ0n) is 16.0. The van der Waals surface area contributed by atoms with Crippen LogP contribution < -0.4 is 14.4 Å². The number of methoxy groups -OCH3 is 2. The second kappa shape index (κ2) is 8.36. The first-order valence-electron chi connectivity index (χ1n) is 8.87. The molecule has 8 nitrogen and oxygen atoms in total. The van der Waals surface area contributed by atoms with Gasteiger partial charge in [0.15, 0.2) is 16.6 Å². The Bertz CT molecular complexity index is 1010. The molecule has 1 amide bonds. The Kier molecular flexibility index (Phi) is 5.48. The van der Waals surface area contributed by atoms with Crippen LogP contribution in [-0.2, 0) is 20.8 Å². The third-order valence-corrected chi connectivity index (χ3v) is 5.32. The fourth-order valence-electron chi connectivity index (χ4n) is 2.87. The molecule has 3 aromatic rings. The van der Waals surface area contributed by atoms with Crippen molar-refractivity contribution in [2.75, 3.05) is 32.3 Å². The molecule has 0 bridgehead atoms. The highest BCUT2D eigenvalue weighted by Crippen LogP contribution is 2.38. The van der Waals surface area contributed by atoms with Gasteiger partial charge in [0.05, 0.1) is 31.0 Å². The van der Waals surface area contributed by atoms with Gasteiger partial charge in [-0.1, -0.05) is 17.4 Å². The summed E-state index contributed by atoms with van der Waals surface area (Å²) in [5.41, 5.74) is 1.58. The van der Waals surface area contributed by atoms with E-state index in [1.807, 2.05) is 18.2 Å². The van der Waals surface area contributed by atoms with Crippen molar-refractivity contribution in [3.05, 3.63) is 54.2 Å². The summed E-state index contributed by atoms with van der Waals surface area (Å²) >= 11 is 1.38. The molecule has 0 N–H and O–H groups in total. The zero-order valence-corrected chi connectivity index (χ0v) is 16.8. The molecule has 0 saturated carbocycles. The SMILES string of the molecule is COc1cc2nc(N(Cc3cccnc3)C(=O)C3=COCCO3)sc2cc1OC. The lowest BCUT2D eigenvalue weighted by molar-refractivity contribution is -0.119. The lowest BCUT2D eigenvalue weighted by Crippen LogP contribution is -2.33. The molecule has 0 spiro atoms. The molecule has 0 radical (unpaired) electrons. The summed E-state index contributed by atoms with van der Waals surface area (Å²) in [7, 11) is 3.15. The molecule has 0 atom stereocenters. The quantitative estimate of drug-likeness (QED) is 0.614. The van der Waals surface area contributed by atoms with Gasteiger partial charge in [0.2, 0.25) is 5.76 Å². The number of nitrogens with zero attached hydrogens (tertiary/aromatic N) is 3. The predicted octanol–water partition coefficient (Wildman–Crippen LogP) is 3.13. The maximum Gasteiger partial charge on any atom is 0.298 e. The van der Waals surface area contributed by atoms with Crippen molar-refractivity contribution < 1.29 is 23.7 Å². The van der Waals surface area contributed by atoms with Gasteiger partial charge in [-0.3, -0.25) is 14.7 Å². The van der Waals surface area contributed by atoms with E-state index in [1.165, 1.54) is 17.6 Å². The molecule has 1 aromatic carbocycles. The molecule has 0 aliphatic carbocycles. The van der Waals surface area contributed by atoms with Crippen molar-refractivity contribution in [3.63, 3.8) is 0 Å². The van der Waals surface area contributed by atoms with E-state index in [2.05, 4.69) is 9.97 Å². The molecule has 150 valence electrons. The normalized spacial score (nSPS) is 13.2. The van der Waals surface area contributed by atoms with Gasteiger partial charge in [-0.05, 0) is 11.6 Å². The Morgan fingerprint density at radius 3 is 2.76 bits per heavy atom. The fraction of sp³-hybridized carbons (Fsp3) is 0.250. The van der Waals surface area contributed by atoms with Crippen LogP contribution >= 0.6 is 11.3 Å². The molecule has 0 saturated heterocycles. The summed E-state index contributed by atoms with van der Waals surface area (Å²) in [6.07, 6.45) is 4.75. The number of hydrogen-bond donors (Lipinski definition) is 0. The number of pyridine rings is 1. The Hall–Kier alpha value is -3.33. The van der Waals surface area contributed by atoms with Crippen LogP contribution in [0.15, 0.2) is 48.7 Å². The Balaban J connectivity index is 1.75. The first-order chi connectivity index (χ1) is 14.2. The van der Waals surface area contributed by atoms with Gasteiger partial charge < -0.3 is 18.9 Å². The number of hydrogen-bond acceptors (Lipinski definition) is 8. The minimum Gasteiger partial charge on any atom is -0.494 e. The molecule has 0 unspecified atom stereocenters. The number of carbonyl (C=O) groups excluding carboxylic acids is 1. The molecule has 9 heteroatoms. The first-order valence-corrected chi connectivity index (χ1v) is 9.69. The van der Waals surface area contributed by atoms with Gasteiger partial charge in [0.25, 0.3) is 5.91 Å². The van der Waals surface area contributed by atoms with E-state index in [-0.39, 0.29) is 11.7 Å². The molecule has 4 rings (SSSR count). The summed E-state index contributed by atoms with van der Waals surface area (Å²) < 4.78 is 22.4. The van der Waals surface area contributed by atoms with Crippen LogP contribution in [0.4, 0.5) is 5.13 Å². The minimum absolute atomic E-state index is 0.148. The lowest BCUT2D eigenvalue weighted by atomic mass is 10.2.